The van der Waals surface area contributed by atoms with Gasteiger partial charge in [0.2, 0.25) is 5.91 Å². The number of aromatic nitrogens is 3. The molecule has 170 valence electrons. The normalized spacial score (nSPS) is 12.5. The summed E-state index contributed by atoms with van der Waals surface area (Å²) in [4.78, 5) is 35.5. The summed E-state index contributed by atoms with van der Waals surface area (Å²) in [6.45, 7) is 4.04. The predicted octanol–water partition coefficient (Wildman–Crippen LogP) is 2.63. The van der Waals surface area contributed by atoms with Crippen LogP contribution in [0.1, 0.15) is 36.8 Å². The van der Waals surface area contributed by atoms with Gasteiger partial charge in [-0.1, -0.05) is 32.0 Å². The van der Waals surface area contributed by atoms with E-state index in [1.807, 2.05) is 44.3 Å². The number of hydrogen-bond donors (Lipinski definition) is 4. The van der Waals surface area contributed by atoms with Crippen molar-refractivity contribution in [1.29, 1.82) is 0 Å². The molecule has 0 saturated carbocycles. The Morgan fingerprint density at radius 1 is 1.19 bits per heavy atom. The van der Waals surface area contributed by atoms with E-state index in [2.05, 4.69) is 20.3 Å². The molecule has 0 aliphatic rings. The average molecular weight is 470 g/mol. The number of halogens is 2. The summed E-state index contributed by atoms with van der Waals surface area (Å²) in [5.74, 6) is 0.123. The Morgan fingerprint density at radius 3 is 2.55 bits per heavy atom. The number of nitrogens with two attached hydrogens (primary N) is 1. The Hall–Kier alpha value is -2.55. The first-order valence-corrected chi connectivity index (χ1v) is 9.61. The highest BCUT2D eigenvalue weighted by Crippen LogP contribution is 2.19. The lowest BCUT2D eigenvalue weighted by molar-refractivity contribution is -0.145. The quantitative estimate of drug-likeness (QED) is 0.377. The van der Waals surface area contributed by atoms with Crippen molar-refractivity contribution in [3.63, 3.8) is 0 Å². The van der Waals surface area contributed by atoms with Gasteiger partial charge in [0, 0.05) is 41.3 Å². The second kappa shape index (κ2) is 11.7. The number of para-hydroxylation sites is 1. The maximum atomic E-state index is 12.7. The van der Waals surface area contributed by atoms with Crippen LogP contribution in [0.3, 0.4) is 0 Å². The third-order valence-corrected chi connectivity index (χ3v) is 4.87. The molecule has 0 aliphatic heterocycles. The van der Waals surface area contributed by atoms with Crippen molar-refractivity contribution in [3.8, 4) is 0 Å². The van der Waals surface area contributed by atoms with Gasteiger partial charge in [-0.05, 0) is 18.1 Å². The highest BCUT2D eigenvalue weighted by atomic mass is 35.5. The minimum atomic E-state index is -0.845. The van der Waals surface area contributed by atoms with E-state index in [0.29, 0.717) is 6.42 Å². The number of nitrogens with zero attached hydrogens (tertiary/aromatic N) is 1. The van der Waals surface area contributed by atoms with E-state index in [-0.39, 0.29) is 37.2 Å². The van der Waals surface area contributed by atoms with Crippen LogP contribution in [-0.2, 0) is 27.2 Å². The first-order chi connectivity index (χ1) is 13.9. The van der Waals surface area contributed by atoms with Crippen LogP contribution in [0.25, 0.3) is 10.9 Å². The second-order valence-corrected chi connectivity index (χ2v) is 7.41. The van der Waals surface area contributed by atoms with E-state index >= 15 is 0 Å². The Labute approximate surface area is 193 Å². The van der Waals surface area contributed by atoms with Crippen LogP contribution in [0, 0.1) is 0 Å². The molecule has 0 fully saturated rings. The van der Waals surface area contributed by atoms with Crippen molar-refractivity contribution in [2.75, 3.05) is 7.11 Å². The number of amides is 1. The van der Waals surface area contributed by atoms with Crippen LogP contribution >= 0.6 is 24.8 Å². The van der Waals surface area contributed by atoms with E-state index in [1.165, 1.54) is 7.11 Å². The molecule has 31 heavy (non-hydrogen) atoms. The molecule has 2 aromatic heterocycles. The Bertz CT molecular complexity index is 1000. The van der Waals surface area contributed by atoms with Crippen LogP contribution in [-0.4, -0.2) is 46.0 Å². The monoisotopic (exact) mass is 469 g/mol. The van der Waals surface area contributed by atoms with Crippen molar-refractivity contribution >= 4 is 47.6 Å². The predicted molar refractivity (Wildman–Crippen MR) is 125 cm³/mol. The van der Waals surface area contributed by atoms with Gasteiger partial charge in [-0.15, -0.1) is 24.8 Å². The molecule has 8 nitrogen and oxygen atoms in total. The third-order valence-electron chi connectivity index (χ3n) is 4.87. The fourth-order valence-corrected chi connectivity index (χ4v) is 3.24. The topological polar surface area (TPSA) is 126 Å². The maximum absolute atomic E-state index is 12.7. The van der Waals surface area contributed by atoms with E-state index in [4.69, 9.17) is 10.5 Å². The zero-order chi connectivity index (χ0) is 21.0. The Balaban J connectivity index is 0.00000240. The van der Waals surface area contributed by atoms with Crippen molar-refractivity contribution in [3.05, 3.63) is 53.7 Å². The largest absolute Gasteiger partial charge is 0.467 e. The first-order valence-electron chi connectivity index (χ1n) is 9.61. The smallest absolute Gasteiger partial charge is 0.328 e. The van der Waals surface area contributed by atoms with E-state index in [9.17, 15) is 9.59 Å². The van der Waals surface area contributed by atoms with Crippen molar-refractivity contribution in [2.45, 2.75) is 44.7 Å². The van der Waals surface area contributed by atoms with Crippen LogP contribution in [0.15, 0.2) is 36.7 Å². The lowest BCUT2D eigenvalue weighted by Gasteiger charge is -2.18. The number of esters is 1. The van der Waals surface area contributed by atoms with Crippen LogP contribution in [0.4, 0.5) is 0 Å². The van der Waals surface area contributed by atoms with Crippen LogP contribution in [0.5, 0.6) is 0 Å². The van der Waals surface area contributed by atoms with Crippen molar-refractivity contribution < 1.29 is 14.3 Å². The SMILES string of the molecule is COC(=O)[C@H](Cc1cnc(C(C)C)[nH]1)NC(=O)[C@@H](N)Cc1c[nH]c2ccccc12.Cl.Cl. The van der Waals surface area contributed by atoms with Crippen molar-refractivity contribution in [1.82, 2.24) is 20.3 Å². The van der Waals surface area contributed by atoms with Gasteiger partial charge in [0.15, 0.2) is 0 Å². The molecule has 1 amide bonds. The van der Waals surface area contributed by atoms with Crippen molar-refractivity contribution in [2.24, 2.45) is 5.73 Å². The minimum absolute atomic E-state index is 0. The van der Waals surface area contributed by atoms with Gasteiger partial charge >= 0.3 is 5.97 Å². The molecule has 10 heteroatoms. The highest BCUT2D eigenvalue weighted by Gasteiger charge is 2.26. The first kappa shape index (κ1) is 26.5. The fourth-order valence-electron chi connectivity index (χ4n) is 3.24. The number of hydrogen-bond acceptors (Lipinski definition) is 5. The highest BCUT2D eigenvalue weighted by molar-refractivity contribution is 5.89. The number of carbonyl (C=O) groups is 2. The van der Waals surface area contributed by atoms with Gasteiger partial charge in [0.25, 0.3) is 0 Å². The standard InChI is InChI=1S/C21H27N5O3.2ClH/c1-12(2)19-24-11-14(25-19)9-18(21(28)29-3)26-20(27)16(22)8-13-10-23-17-7-5-4-6-15(13)17;;/h4-7,10-12,16,18,23H,8-9,22H2,1-3H3,(H,24,25)(H,26,27);2*1H/t16-,18-;;/m0../s1. The molecule has 2 atom stereocenters. The zero-order valence-electron chi connectivity index (χ0n) is 17.7. The maximum Gasteiger partial charge on any atom is 0.328 e. The van der Waals surface area contributed by atoms with E-state index < -0.39 is 24.0 Å². The summed E-state index contributed by atoms with van der Waals surface area (Å²) < 4.78 is 4.85. The second-order valence-electron chi connectivity index (χ2n) is 7.41. The number of rotatable bonds is 8. The zero-order valence-corrected chi connectivity index (χ0v) is 19.3. The lowest BCUT2D eigenvalue weighted by atomic mass is 10.0. The molecule has 5 N–H and O–H groups in total. The Morgan fingerprint density at radius 2 is 1.90 bits per heavy atom. The molecule has 0 unspecified atom stereocenters. The number of carbonyl (C=O) groups excluding carboxylic acids is 2. The number of imidazole rings is 1. The number of benzene rings is 1. The number of nitrogens with one attached hydrogen (secondary N) is 3. The molecule has 0 radical (unpaired) electrons. The fraction of sp³-hybridized carbons (Fsp3) is 0.381. The summed E-state index contributed by atoms with van der Waals surface area (Å²) in [5, 5.41) is 3.75. The van der Waals surface area contributed by atoms with Gasteiger partial charge in [0.1, 0.15) is 11.9 Å². The lowest BCUT2D eigenvalue weighted by Crippen LogP contribution is -2.50. The van der Waals surface area contributed by atoms with Gasteiger partial charge in [-0.2, -0.15) is 0 Å². The van der Waals surface area contributed by atoms with Gasteiger partial charge in [-0.25, -0.2) is 9.78 Å². The van der Waals surface area contributed by atoms with E-state index in [0.717, 1.165) is 28.0 Å². The number of ether oxygens (including phenoxy) is 1. The molecule has 1 aromatic carbocycles. The number of methoxy groups -OCH3 is 1. The van der Waals surface area contributed by atoms with Gasteiger partial charge in [0.05, 0.1) is 13.2 Å². The number of H-pyrrole nitrogens is 2. The van der Waals surface area contributed by atoms with Crippen LogP contribution in [0.2, 0.25) is 0 Å². The van der Waals surface area contributed by atoms with E-state index in [1.54, 1.807) is 6.20 Å². The molecule has 0 aliphatic carbocycles. The number of fused-ring (bicyclic) bond motifs is 1. The minimum Gasteiger partial charge on any atom is -0.467 e. The summed E-state index contributed by atoms with van der Waals surface area (Å²) >= 11 is 0. The third kappa shape index (κ3) is 6.46. The molecule has 0 saturated heterocycles. The molecule has 3 rings (SSSR count). The molecule has 3 aromatic rings. The molecular formula is C21H29Cl2N5O3. The Kier molecular flexibility index (Phi) is 10.0. The summed E-state index contributed by atoms with van der Waals surface area (Å²) in [6, 6.07) is 6.18. The van der Waals surface area contributed by atoms with Gasteiger partial charge in [-0.3, -0.25) is 4.79 Å². The summed E-state index contributed by atoms with van der Waals surface area (Å²) in [7, 11) is 1.29. The average Bonchev–Trinajstić information content (AvgIpc) is 3.34. The number of aromatic amines is 2. The summed E-state index contributed by atoms with van der Waals surface area (Å²) in [5.41, 5.74) is 8.81. The van der Waals surface area contributed by atoms with Crippen LogP contribution < -0.4 is 11.1 Å². The molecule has 2 heterocycles. The molecular weight excluding hydrogens is 441 g/mol. The van der Waals surface area contributed by atoms with Gasteiger partial charge < -0.3 is 25.8 Å². The molecule has 0 spiro atoms. The summed E-state index contributed by atoms with van der Waals surface area (Å²) in [6.07, 6.45) is 4.13. The molecule has 0 bridgehead atoms.